The fourth-order valence-corrected chi connectivity index (χ4v) is 2.13. The van der Waals surface area contributed by atoms with Gasteiger partial charge in [0.15, 0.2) is 0 Å². The van der Waals surface area contributed by atoms with Gasteiger partial charge in [-0.15, -0.1) is 0 Å². The number of halogens is 2. The van der Waals surface area contributed by atoms with Gasteiger partial charge in [0, 0.05) is 25.2 Å². The number of carboxylic acid groups (broad SMARTS) is 1. The topological polar surface area (TPSA) is 66.6 Å². The Balaban J connectivity index is 2.11. The molecule has 1 aliphatic heterocycles. The first kappa shape index (κ1) is 12.9. The summed E-state index contributed by atoms with van der Waals surface area (Å²) in [6.45, 7) is 0.539. The van der Waals surface area contributed by atoms with Crippen LogP contribution < -0.4 is 5.73 Å². The van der Waals surface area contributed by atoms with Gasteiger partial charge in [-0.1, -0.05) is 6.07 Å². The van der Waals surface area contributed by atoms with Gasteiger partial charge in [-0.2, -0.15) is 0 Å². The Labute approximate surface area is 103 Å². The molecule has 1 saturated heterocycles. The van der Waals surface area contributed by atoms with E-state index in [4.69, 9.17) is 10.8 Å². The van der Waals surface area contributed by atoms with E-state index in [0.717, 1.165) is 0 Å². The van der Waals surface area contributed by atoms with Crippen LogP contribution in [0.25, 0.3) is 0 Å². The summed E-state index contributed by atoms with van der Waals surface area (Å²) >= 11 is 0. The van der Waals surface area contributed by atoms with Gasteiger partial charge in [-0.05, 0) is 18.6 Å². The number of aliphatic carboxylic acids is 1. The Morgan fingerprint density at radius 1 is 1.44 bits per heavy atom. The molecule has 6 heteroatoms. The van der Waals surface area contributed by atoms with Gasteiger partial charge in [-0.3, -0.25) is 9.69 Å². The smallest absolute Gasteiger partial charge is 0.325 e. The molecule has 0 spiro atoms. The number of hydrogen-bond donors (Lipinski definition) is 2. The molecule has 2 rings (SSSR count). The molecular formula is C12H14F2N2O2. The molecule has 0 amide bonds. The molecule has 4 nitrogen and oxygen atoms in total. The zero-order valence-electron chi connectivity index (χ0n) is 9.70. The standard InChI is InChI=1S/C12H14F2N2O2/c13-9-2-1-3-10(14)8(9)6-16-5-4-12(15,7-16)11(17)18/h1-3H,4-7,15H2,(H,17,18). The molecule has 1 aromatic rings. The van der Waals surface area contributed by atoms with Crippen molar-refractivity contribution in [3.63, 3.8) is 0 Å². The number of nitrogens with zero attached hydrogens (tertiary/aromatic N) is 1. The van der Waals surface area contributed by atoms with Gasteiger partial charge < -0.3 is 10.8 Å². The van der Waals surface area contributed by atoms with Crippen molar-refractivity contribution < 1.29 is 18.7 Å². The van der Waals surface area contributed by atoms with Crippen molar-refractivity contribution in [1.82, 2.24) is 4.90 Å². The maximum Gasteiger partial charge on any atom is 0.325 e. The Morgan fingerprint density at radius 2 is 2.06 bits per heavy atom. The molecule has 98 valence electrons. The highest BCUT2D eigenvalue weighted by Gasteiger charge is 2.41. The molecule has 1 unspecified atom stereocenters. The SMILES string of the molecule is NC1(C(=O)O)CCN(Cc2c(F)cccc2F)C1. The molecule has 1 aromatic carbocycles. The van der Waals surface area contributed by atoms with Crippen molar-refractivity contribution >= 4 is 5.97 Å². The van der Waals surface area contributed by atoms with Crippen LogP contribution in [0.2, 0.25) is 0 Å². The lowest BCUT2D eigenvalue weighted by molar-refractivity contribution is -0.142. The molecule has 0 bridgehead atoms. The molecule has 18 heavy (non-hydrogen) atoms. The van der Waals surface area contributed by atoms with Crippen LogP contribution in [0.4, 0.5) is 8.78 Å². The number of nitrogens with two attached hydrogens (primary N) is 1. The van der Waals surface area contributed by atoms with Gasteiger partial charge in [0.1, 0.15) is 17.2 Å². The average Bonchev–Trinajstić information content (AvgIpc) is 2.67. The van der Waals surface area contributed by atoms with Crippen molar-refractivity contribution in [2.45, 2.75) is 18.5 Å². The summed E-state index contributed by atoms with van der Waals surface area (Å²) < 4.78 is 26.9. The molecule has 3 N–H and O–H groups in total. The predicted molar refractivity (Wildman–Crippen MR) is 60.8 cm³/mol. The fourth-order valence-electron chi connectivity index (χ4n) is 2.13. The summed E-state index contributed by atoms with van der Waals surface area (Å²) in [5.74, 6) is -2.33. The summed E-state index contributed by atoms with van der Waals surface area (Å²) in [7, 11) is 0. The largest absolute Gasteiger partial charge is 0.480 e. The summed E-state index contributed by atoms with van der Waals surface area (Å²) in [5, 5.41) is 8.97. The van der Waals surface area contributed by atoms with Crippen LogP contribution >= 0.6 is 0 Å². The summed E-state index contributed by atoms with van der Waals surface area (Å²) in [6.07, 6.45) is 0.276. The molecule has 0 aromatic heterocycles. The molecule has 0 saturated carbocycles. The van der Waals surface area contributed by atoms with Crippen molar-refractivity contribution in [2.75, 3.05) is 13.1 Å². The van der Waals surface area contributed by atoms with Gasteiger partial charge in [0.2, 0.25) is 0 Å². The number of rotatable bonds is 3. The first-order chi connectivity index (χ1) is 8.42. The van der Waals surface area contributed by atoms with E-state index < -0.39 is 23.1 Å². The molecular weight excluding hydrogens is 242 g/mol. The first-order valence-corrected chi connectivity index (χ1v) is 5.60. The maximum absolute atomic E-state index is 13.4. The number of benzene rings is 1. The van der Waals surface area contributed by atoms with Crippen molar-refractivity contribution in [3.8, 4) is 0 Å². The normalized spacial score (nSPS) is 24.4. The van der Waals surface area contributed by atoms with E-state index in [1.54, 1.807) is 4.90 Å². The number of likely N-dealkylation sites (tertiary alicyclic amines) is 1. The first-order valence-electron chi connectivity index (χ1n) is 5.60. The van der Waals surface area contributed by atoms with E-state index in [1.807, 2.05) is 0 Å². The highest BCUT2D eigenvalue weighted by molar-refractivity contribution is 5.79. The Bertz CT molecular complexity index is 461. The number of carboxylic acids is 1. The van der Waals surface area contributed by atoms with Crippen LogP contribution in [-0.4, -0.2) is 34.6 Å². The number of carbonyl (C=O) groups is 1. The minimum Gasteiger partial charge on any atom is -0.480 e. The molecule has 0 radical (unpaired) electrons. The van der Waals surface area contributed by atoms with Crippen LogP contribution in [0.5, 0.6) is 0 Å². The highest BCUT2D eigenvalue weighted by Crippen LogP contribution is 2.23. The molecule has 1 fully saturated rings. The van der Waals surface area contributed by atoms with Gasteiger partial charge in [-0.25, -0.2) is 8.78 Å². The zero-order valence-corrected chi connectivity index (χ0v) is 9.70. The Kier molecular flexibility index (Phi) is 3.32. The van der Waals surface area contributed by atoms with Crippen LogP contribution in [0, 0.1) is 11.6 Å². The van der Waals surface area contributed by atoms with E-state index >= 15 is 0 Å². The quantitative estimate of drug-likeness (QED) is 0.845. The van der Waals surface area contributed by atoms with Gasteiger partial charge in [0.05, 0.1) is 0 Å². The summed E-state index contributed by atoms with van der Waals surface area (Å²) in [6, 6.07) is 3.66. The van der Waals surface area contributed by atoms with E-state index in [9.17, 15) is 13.6 Å². The molecule has 1 atom stereocenters. The van der Waals surface area contributed by atoms with E-state index in [1.165, 1.54) is 18.2 Å². The van der Waals surface area contributed by atoms with Gasteiger partial charge in [0.25, 0.3) is 0 Å². The monoisotopic (exact) mass is 256 g/mol. The van der Waals surface area contributed by atoms with Crippen molar-refractivity contribution in [1.29, 1.82) is 0 Å². The van der Waals surface area contributed by atoms with Crippen LogP contribution in [0.3, 0.4) is 0 Å². The third kappa shape index (κ3) is 2.34. The second-order valence-electron chi connectivity index (χ2n) is 4.62. The van der Waals surface area contributed by atoms with E-state index in [0.29, 0.717) is 6.54 Å². The second kappa shape index (κ2) is 4.62. The average molecular weight is 256 g/mol. The van der Waals surface area contributed by atoms with Crippen LogP contribution in [-0.2, 0) is 11.3 Å². The Hall–Kier alpha value is -1.53. The number of hydrogen-bond acceptors (Lipinski definition) is 3. The minimum absolute atomic E-state index is 0.0325. The van der Waals surface area contributed by atoms with Crippen LogP contribution in [0.1, 0.15) is 12.0 Å². The molecule has 1 aliphatic rings. The zero-order chi connectivity index (χ0) is 13.3. The minimum atomic E-state index is -1.32. The van der Waals surface area contributed by atoms with E-state index in [-0.39, 0.29) is 25.1 Å². The summed E-state index contributed by atoms with van der Waals surface area (Å²) in [4.78, 5) is 12.6. The highest BCUT2D eigenvalue weighted by atomic mass is 19.1. The van der Waals surface area contributed by atoms with E-state index in [2.05, 4.69) is 0 Å². The fraction of sp³-hybridized carbons (Fsp3) is 0.417. The maximum atomic E-state index is 13.4. The van der Waals surface area contributed by atoms with Gasteiger partial charge >= 0.3 is 5.97 Å². The predicted octanol–water partition coefficient (Wildman–Crippen LogP) is 0.953. The lowest BCUT2D eigenvalue weighted by Gasteiger charge is -2.20. The van der Waals surface area contributed by atoms with Crippen LogP contribution in [0.15, 0.2) is 18.2 Å². The lowest BCUT2D eigenvalue weighted by Crippen LogP contribution is -2.50. The van der Waals surface area contributed by atoms with Crippen molar-refractivity contribution in [2.24, 2.45) is 5.73 Å². The Morgan fingerprint density at radius 3 is 2.56 bits per heavy atom. The third-order valence-electron chi connectivity index (χ3n) is 3.25. The second-order valence-corrected chi connectivity index (χ2v) is 4.62. The summed E-state index contributed by atoms with van der Waals surface area (Å²) in [5.41, 5.74) is 4.33. The molecule has 1 heterocycles. The third-order valence-corrected chi connectivity index (χ3v) is 3.25. The van der Waals surface area contributed by atoms with Crippen molar-refractivity contribution in [3.05, 3.63) is 35.4 Å². The lowest BCUT2D eigenvalue weighted by atomic mass is 10.0. The molecule has 0 aliphatic carbocycles.